The maximum Gasteiger partial charge on any atom is 0.119 e. The Labute approximate surface area is 151 Å². The highest BCUT2D eigenvalue weighted by Gasteiger charge is 2.21. The smallest absolute Gasteiger partial charge is 0.119 e. The van der Waals surface area contributed by atoms with E-state index in [1.54, 1.807) is 0 Å². The van der Waals surface area contributed by atoms with Gasteiger partial charge in [-0.1, -0.05) is 48.0 Å². The molecule has 0 amide bonds. The number of hydrogen-bond donors (Lipinski definition) is 1. The molecular formula is C22H29NO2. The molecule has 0 saturated carbocycles. The fourth-order valence-corrected chi connectivity index (χ4v) is 3.50. The number of piperidine rings is 1. The molecule has 2 aromatic rings. The van der Waals surface area contributed by atoms with E-state index in [1.165, 1.54) is 30.4 Å². The van der Waals surface area contributed by atoms with Gasteiger partial charge in [0.25, 0.3) is 0 Å². The van der Waals surface area contributed by atoms with Crippen molar-refractivity contribution >= 4 is 0 Å². The molecule has 3 rings (SSSR count). The second kappa shape index (κ2) is 9.02. The highest BCUT2D eigenvalue weighted by atomic mass is 16.5. The summed E-state index contributed by atoms with van der Waals surface area (Å²) in [6, 6.07) is 18.7. The van der Waals surface area contributed by atoms with Crippen LogP contribution in [0.4, 0.5) is 0 Å². The molecule has 1 atom stereocenters. The molecule has 0 unspecified atom stereocenters. The fraction of sp³-hybridized carbons (Fsp3) is 0.455. The first-order chi connectivity index (χ1) is 12.2. The molecule has 134 valence electrons. The molecule has 1 fully saturated rings. The summed E-state index contributed by atoms with van der Waals surface area (Å²) >= 11 is 0. The van der Waals surface area contributed by atoms with E-state index in [2.05, 4.69) is 42.2 Å². The molecule has 3 nitrogen and oxygen atoms in total. The topological polar surface area (TPSA) is 32.7 Å². The average molecular weight is 339 g/mol. The summed E-state index contributed by atoms with van der Waals surface area (Å²) in [7, 11) is 0. The first-order valence-electron chi connectivity index (χ1n) is 9.33. The average Bonchev–Trinajstić information content (AvgIpc) is 2.64. The normalized spacial score (nSPS) is 17.4. The van der Waals surface area contributed by atoms with Crippen molar-refractivity contribution in [2.24, 2.45) is 5.92 Å². The van der Waals surface area contributed by atoms with Crippen molar-refractivity contribution in [1.29, 1.82) is 0 Å². The second-order valence-electron chi connectivity index (χ2n) is 7.21. The molecule has 1 saturated heterocycles. The third-order valence-corrected chi connectivity index (χ3v) is 5.01. The maximum absolute atomic E-state index is 10.3. The molecule has 0 radical (unpaired) electrons. The predicted octanol–water partition coefficient (Wildman–Crippen LogP) is 3.69. The molecule has 1 aliphatic rings. The number of likely N-dealkylation sites (tertiary alicyclic amines) is 1. The van der Waals surface area contributed by atoms with Gasteiger partial charge >= 0.3 is 0 Å². The molecule has 25 heavy (non-hydrogen) atoms. The standard InChI is InChI=1S/C22H29NO2/c1-18-7-9-22(10-8-18)25-17-21(24)16-23-13-11-20(12-14-23)15-19-5-3-2-4-6-19/h2-10,20-21,24H,11-17H2,1H3/t21-/m1/s1. The van der Waals surface area contributed by atoms with E-state index < -0.39 is 6.10 Å². The van der Waals surface area contributed by atoms with Crippen LogP contribution >= 0.6 is 0 Å². The fourth-order valence-electron chi connectivity index (χ4n) is 3.50. The van der Waals surface area contributed by atoms with Crippen molar-refractivity contribution in [2.45, 2.75) is 32.3 Å². The Hall–Kier alpha value is -1.84. The van der Waals surface area contributed by atoms with Crippen LogP contribution in [0.2, 0.25) is 0 Å². The van der Waals surface area contributed by atoms with Crippen molar-refractivity contribution in [3.8, 4) is 5.75 Å². The number of ether oxygens (including phenoxy) is 1. The van der Waals surface area contributed by atoms with Crippen LogP contribution in [-0.4, -0.2) is 42.4 Å². The number of β-amino-alcohol motifs (C(OH)–C–C–N with tert-alkyl or cyclic N) is 1. The highest BCUT2D eigenvalue weighted by molar-refractivity contribution is 5.26. The number of nitrogens with zero attached hydrogens (tertiary/aromatic N) is 1. The molecule has 0 aliphatic carbocycles. The van der Waals surface area contributed by atoms with Gasteiger partial charge in [0.2, 0.25) is 0 Å². The summed E-state index contributed by atoms with van der Waals surface area (Å²) in [6.07, 6.45) is 3.15. The molecule has 1 N–H and O–H groups in total. The number of hydrogen-bond acceptors (Lipinski definition) is 3. The van der Waals surface area contributed by atoms with Crippen molar-refractivity contribution in [2.75, 3.05) is 26.2 Å². The number of aliphatic hydroxyl groups excluding tert-OH is 1. The summed E-state index contributed by atoms with van der Waals surface area (Å²) in [5.74, 6) is 1.59. The zero-order valence-electron chi connectivity index (χ0n) is 15.1. The van der Waals surface area contributed by atoms with E-state index in [1.807, 2.05) is 24.3 Å². The highest BCUT2D eigenvalue weighted by Crippen LogP contribution is 2.22. The number of benzene rings is 2. The molecule has 0 aromatic heterocycles. The zero-order chi connectivity index (χ0) is 17.5. The summed E-state index contributed by atoms with van der Waals surface area (Å²) in [4.78, 5) is 2.37. The van der Waals surface area contributed by atoms with Gasteiger partial charge in [-0.15, -0.1) is 0 Å². The van der Waals surface area contributed by atoms with Crippen LogP contribution in [0.5, 0.6) is 5.75 Å². The Morgan fingerprint density at radius 1 is 1.04 bits per heavy atom. The second-order valence-corrected chi connectivity index (χ2v) is 7.21. The molecule has 2 aromatic carbocycles. The molecular weight excluding hydrogens is 310 g/mol. The number of rotatable bonds is 7. The zero-order valence-corrected chi connectivity index (χ0v) is 15.1. The van der Waals surface area contributed by atoms with E-state index >= 15 is 0 Å². The molecule has 0 bridgehead atoms. The van der Waals surface area contributed by atoms with Gasteiger partial charge in [-0.25, -0.2) is 0 Å². The summed E-state index contributed by atoms with van der Waals surface area (Å²) < 4.78 is 5.69. The van der Waals surface area contributed by atoms with E-state index in [0.29, 0.717) is 13.2 Å². The molecule has 1 heterocycles. The molecule has 3 heteroatoms. The van der Waals surface area contributed by atoms with Gasteiger partial charge in [0.05, 0.1) is 0 Å². The van der Waals surface area contributed by atoms with Crippen molar-refractivity contribution in [1.82, 2.24) is 4.90 Å². The van der Waals surface area contributed by atoms with E-state index in [0.717, 1.165) is 24.8 Å². The Bertz CT molecular complexity index is 618. The van der Waals surface area contributed by atoms with Crippen molar-refractivity contribution in [3.05, 3.63) is 65.7 Å². The Morgan fingerprint density at radius 3 is 2.40 bits per heavy atom. The summed E-state index contributed by atoms with van der Waals surface area (Å²) in [5, 5.41) is 10.3. The first kappa shape index (κ1) is 18.0. The number of aliphatic hydroxyl groups is 1. The van der Waals surface area contributed by atoms with Gasteiger partial charge in [0.15, 0.2) is 0 Å². The van der Waals surface area contributed by atoms with Crippen molar-refractivity contribution in [3.63, 3.8) is 0 Å². The molecule has 1 aliphatic heterocycles. The largest absolute Gasteiger partial charge is 0.491 e. The van der Waals surface area contributed by atoms with Gasteiger partial charge in [0.1, 0.15) is 18.5 Å². The van der Waals surface area contributed by atoms with Crippen LogP contribution in [0.3, 0.4) is 0 Å². The lowest BCUT2D eigenvalue weighted by Gasteiger charge is -2.33. The van der Waals surface area contributed by atoms with E-state index in [9.17, 15) is 5.11 Å². The van der Waals surface area contributed by atoms with Gasteiger partial charge < -0.3 is 14.7 Å². The quantitative estimate of drug-likeness (QED) is 0.835. The maximum atomic E-state index is 10.3. The summed E-state index contributed by atoms with van der Waals surface area (Å²) in [5.41, 5.74) is 2.65. The first-order valence-corrected chi connectivity index (χ1v) is 9.33. The number of aryl methyl sites for hydroxylation is 1. The van der Waals surface area contributed by atoms with Gasteiger partial charge in [-0.3, -0.25) is 0 Å². The Kier molecular flexibility index (Phi) is 6.48. The summed E-state index contributed by atoms with van der Waals surface area (Å²) in [6.45, 7) is 5.25. The Balaban J connectivity index is 1.36. The van der Waals surface area contributed by atoms with Crippen molar-refractivity contribution < 1.29 is 9.84 Å². The van der Waals surface area contributed by atoms with Crippen LogP contribution in [-0.2, 0) is 6.42 Å². The van der Waals surface area contributed by atoms with Crippen LogP contribution in [0, 0.1) is 12.8 Å². The van der Waals surface area contributed by atoms with Crippen LogP contribution in [0.1, 0.15) is 24.0 Å². The minimum atomic E-state index is -0.438. The lowest BCUT2D eigenvalue weighted by Crippen LogP contribution is -2.41. The SMILES string of the molecule is Cc1ccc(OC[C@H](O)CN2CCC(Cc3ccccc3)CC2)cc1. The van der Waals surface area contributed by atoms with E-state index in [4.69, 9.17) is 4.74 Å². The van der Waals surface area contributed by atoms with Crippen LogP contribution < -0.4 is 4.74 Å². The van der Waals surface area contributed by atoms with E-state index in [-0.39, 0.29) is 0 Å². The van der Waals surface area contributed by atoms with Gasteiger partial charge in [0, 0.05) is 6.54 Å². The van der Waals surface area contributed by atoms with Crippen LogP contribution in [0.15, 0.2) is 54.6 Å². The Morgan fingerprint density at radius 2 is 1.72 bits per heavy atom. The van der Waals surface area contributed by atoms with Crippen LogP contribution in [0.25, 0.3) is 0 Å². The third-order valence-electron chi connectivity index (χ3n) is 5.01. The van der Waals surface area contributed by atoms with Gasteiger partial charge in [-0.2, -0.15) is 0 Å². The third kappa shape index (κ3) is 5.87. The lowest BCUT2D eigenvalue weighted by molar-refractivity contribution is 0.0550. The van der Waals surface area contributed by atoms with Gasteiger partial charge in [-0.05, 0) is 62.9 Å². The monoisotopic (exact) mass is 339 g/mol. The predicted molar refractivity (Wildman–Crippen MR) is 102 cm³/mol. The minimum Gasteiger partial charge on any atom is -0.491 e. The molecule has 0 spiro atoms. The lowest BCUT2D eigenvalue weighted by atomic mass is 9.90. The minimum absolute atomic E-state index is 0.354.